The third-order valence-corrected chi connectivity index (χ3v) is 3.29. The van der Waals surface area contributed by atoms with Crippen molar-refractivity contribution in [3.8, 4) is 5.75 Å². The van der Waals surface area contributed by atoms with Crippen molar-refractivity contribution in [2.75, 3.05) is 5.73 Å². The quantitative estimate of drug-likeness (QED) is 0.805. The average molecular weight is 305 g/mol. The summed E-state index contributed by atoms with van der Waals surface area (Å²) < 4.78 is 5.68. The van der Waals surface area contributed by atoms with Gasteiger partial charge in [-0.2, -0.15) is 0 Å². The molecule has 0 radical (unpaired) electrons. The first-order valence-electron chi connectivity index (χ1n) is 6.58. The molecule has 0 aliphatic carbocycles. The van der Waals surface area contributed by atoms with Gasteiger partial charge >= 0.3 is 0 Å². The fourth-order valence-corrected chi connectivity index (χ4v) is 2.02. The maximum absolute atomic E-state index is 10.8. The second kappa shape index (κ2) is 6.99. The van der Waals surface area contributed by atoms with Gasteiger partial charge in [0, 0.05) is 11.4 Å². The molecule has 0 spiro atoms. The highest BCUT2D eigenvalue weighted by atomic mass is 35.5. The summed E-state index contributed by atoms with van der Waals surface area (Å²) in [5.41, 5.74) is 13.6. The lowest BCUT2D eigenvalue weighted by molar-refractivity contribution is -0.117. The molecule has 0 atom stereocenters. The van der Waals surface area contributed by atoms with E-state index in [0.717, 1.165) is 11.1 Å². The molecule has 0 aromatic heterocycles. The third kappa shape index (κ3) is 4.68. The zero-order valence-electron chi connectivity index (χ0n) is 11.5. The van der Waals surface area contributed by atoms with Gasteiger partial charge in [0.15, 0.2) is 0 Å². The number of carbonyl (C=O) groups excluding carboxylic acids is 1. The van der Waals surface area contributed by atoms with Gasteiger partial charge in [-0.05, 0) is 41.8 Å². The Morgan fingerprint density at radius 3 is 2.38 bits per heavy atom. The minimum absolute atomic E-state index is 0.310. The molecule has 0 fully saturated rings. The van der Waals surface area contributed by atoms with Crippen LogP contribution in [0.1, 0.15) is 17.5 Å². The van der Waals surface area contributed by atoms with Gasteiger partial charge < -0.3 is 16.2 Å². The van der Waals surface area contributed by atoms with Crippen LogP contribution in [0.15, 0.2) is 42.5 Å². The maximum atomic E-state index is 10.8. The Morgan fingerprint density at radius 2 is 1.76 bits per heavy atom. The highest BCUT2D eigenvalue weighted by Crippen LogP contribution is 2.24. The molecule has 4 nitrogen and oxygen atoms in total. The number of halogens is 1. The van der Waals surface area contributed by atoms with Crippen molar-refractivity contribution in [3.05, 3.63) is 58.6 Å². The Hall–Kier alpha value is -2.20. The molecule has 4 N–H and O–H groups in total. The molecule has 2 aromatic carbocycles. The molecular weight excluding hydrogens is 288 g/mol. The minimum Gasteiger partial charge on any atom is -0.487 e. The van der Waals surface area contributed by atoms with E-state index in [1.807, 2.05) is 36.4 Å². The Bertz CT molecular complexity index is 627. The molecule has 0 saturated heterocycles. The number of carbonyl (C=O) groups is 1. The predicted molar refractivity (Wildman–Crippen MR) is 84.2 cm³/mol. The largest absolute Gasteiger partial charge is 0.487 e. The van der Waals surface area contributed by atoms with Crippen LogP contribution in [0.25, 0.3) is 0 Å². The summed E-state index contributed by atoms with van der Waals surface area (Å²) in [6.45, 7) is 0.419. The first-order valence-corrected chi connectivity index (χ1v) is 6.96. The fourth-order valence-electron chi connectivity index (χ4n) is 1.89. The third-order valence-electron chi connectivity index (χ3n) is 3.04. The molecule has 2 aromatic rings. The highest BCUT2D eigenvalue weighted by Gasteiger charge is 2.04. The number of rotatable bonds is 6. The van der Waals surface area contributed by atoms with Crippen molar-refractivity contribution in [2.24, 2.45) is 5.73 Å². The van der Waals surface area contributed by atoms with Gasteiger partial charge in [0.2, 0.25) is 5.91 Å². The van der Waals surface area contributed by atoms with Crippen LogP contribution in [0.5, 0.6) is 5.75 Å². The number of aryl methyl sites for hydroxylation is 1. The van der Waals surface area contributed by atoms with E-state index in [0.29, 0.717) is 35.9 Å². The van der Waals surface area contributed by atoms with Crippen LogP contribution < -0.4 is 16.2 Å². The number of amides is 1. The lowest BCUT2D eigenvalue weighted by Crippen LogP contribution is -2.11. The van der Waals surface area contributed by atoms with Crippen LogP contribution in [-0.2, 0) is 17.8 Å². The monoisotopic (exact) mass is 304 g/mol. The van der Waals surface area contributed by atoms with Crippen LogP contribution >= 0.6 is 11.6 Å². The second-order valence-corrected chi connectivity index (χ2v) is 5.19. The Kier molecular flexibility index (Phi) is 5.06. The van der Waals surface area contributed by atoms with Crippen molar-refractivity contribution in [2.45, 2.75) is 19.4 Å². The van der Waals surface area contributed by atoms with E-state index in [9.17, 15) is 4.79 Å². The van der Waals surface area contributed by atoms with E-state index in [4.69, 9.17) is 27.8 Å². The van der Waals surface area contributed by atoms with Crippen molar-refractivity contribution in [1.29, 1.82) is 0 Å². The molecular formula is C16H17ClN2O2. The van der Waals surface area contributed by atoms with Gasteiger partial charge in [-0.1, -0.05) is 29.8 Å². The van der Waals surface area contributed by atoms with Crippen molar-refractivity contribution < 1.29 is 9.53 Å². The molecule has 1 amide bonds. The second-order valence-electron chi connectivity index (χ2n) is 4.75. The van der Waals surface area contributed by atoms with Gasteiger partial charge in [0.25, 0.3) is 0 Å². The summed E-state index contributed by atoms with van der Waals surface area (Å²) in [7, 11) is 0. The van der Waals surface area contributed by atoms with E-state index in [-0.39, 0.29) is 5.91 Å². The Labute approximate surface area is 128 Å². The maximum Gasteiger partial charge on any atom is 0.217 e. The van der Waals surface area contributed by atoms with Crippen LogP contribution in [0.2, 0.25) is 5.02 Å². The van der Waals surface area contributed by atoms with E-state index < -0.39 is 0 Å². The molecule has 0 saturated carbocycles. The molecule has 5 heteroatoms. The van der Waals surface area contributed by atoms with Crippen molar-refractivity contribution in [3.63, 3.8) is 0 Å². The van der Waals surface area contributed by atoms with Gasteiger partial charge in [0.1, 0.15) is 12.4 Å². The molecule has 0 unspecified atom stereocenters. The number of benzene rings is 2. The summed E-state index contributed by atoms with van der Waals surface area (Å²) >= 11 is 5.83. The van der Waals surface area contributed by atoms with Gasteiger partial charge in [-0.25, -0.2) is 0 Å². The molecule has 0 aliphatic heterocycles. The molecule has 0 bridgehead atoms. The number of nitrogens with two attached hydrogens (primary N) is 2. The smallest absolute Gasteiger partial charge is 0.217 e. The molecule has 0 heterocycles. The highest BCUT2D eigenvalue weighted by molar-refractivity contribution is 6.30. The molecule has 21 heavy (non-hydrogen) atoms. The van der Waals surface area contributed by atoms with Crippen LogP contribution in [-0.4, -0.2) is 5.91 Å². The lowest BCUT2D eigenvalue weighted by Gasteiger charge is -2.10. The zero-order chi connectivity index (χ0) is 15.2. The summed E-state index contributed by atoms with van der Waals surface area (Å²) in [4.78, 5) is 10.8. The number of hydrogen-bond donors (Lipinski definition) is 2. The fraction of sp³-hybridized carbons (Fsp3) is 0.188. The van der Waals surface area contributed by atoms with Gasteiger partial charge in [-0.3, -0.25) is 4.79 Å². The van der Waals surface area contributed by atoms with E-state index in [1.54, 1.807) is 6.07 Å². The first-order chi connectivity index (χ1) is 10.0. The van der Waals surface area contributed by atoms with Gasteiger partial charge in [0.05, 0.1) is 5.69 Å². The Balaban J connectivity index is 1.97. The summed E-state index contributed by atoms with van der Waals surface area (Å²) in [5.74, 6) is 0.296. The van der Waals surface area contributed by atoms with E-state index in [1.165, 1.54) is 0 Å². The first kappa shape index (κ1) is 15.2. The van der Waals surface area contributed by atoms with Crippen LogP contribution in [0, 0.1) is 0 Å². The number of primary amides is 1. The van der Waals surface area contributed by atoms with Crippen LogP contribution in [0.4, 0.5) is 5.69 Å². The summed E-state index contributed by atoms with van der Waals surface area (Å²) in [5, 5.41) is 0.692. The van der Waals surface area contributed by atoms with E-state index >= 15 is 0 Å². The minimum atomic E-state index is -0.323. The topological polar surface area (TPSA) is 78.3 Å². The average Bonchev–Trinajstić information content (AvgIpc) is 2.46. The number of anilines is 1. The van der Waals surface area contributed by atoms with Crippen LogP contribution in [0.3, 0.4) is 0 Å². The summed E-state index contributed by atoms with van der Waals surface area (Å²) in [6.07, 6.45) is 0.890. The number of hydrogen-bond acceptors (Lipinski definition) is 3. The zero-order valence-corrected chi connectivity index (χ0v) is 12.3. The molecule has 2 rings (SSSR count). The van der Waals surface area contributed by atoms with E-state index in [2.05, 4.69) is 0 Å². The standard InChI is InChI=1S/C16H17ClN2O2/c17-13-5-1-12(2-6-13)10-21-15-7-3-11(9-14(15)18)4-8-16(19)20/h1-3,5-7,9H,4,8,10,18H2,(H2,19,20). The molecule has 0 aliphatic rings. The lowest BCUT2D eigenvalue weighted by atomic mass is 10.1. The SMILES string of the molecule is NC(=O)CCc1ccc(OCc2ccc(Cl)cc2)c(N)c1. The van der Waals surface area contributed by atoms with Crippen molar-refractivity contribution in [1.82, 2.24) is 0 Å². The molecule has 110 valence electrons. The number of ether oxygens (including phenoxy) is 1. The Morgan fingerprint density at radius 1 is 1.10 bits per heavy atom. The summed E-state index contributed by atoms with van der Waals surface area (Å²) in [6, 6.07) is 12.9. The van der Waals surface area contributed by atoms with Gasteiger partial charge in [-0.15, -0.1) is 0 Å². The normalized spacial score (nSPS) is 10.3. The van der Waals surface area contributed by atoms with Crippen molar-refractivity contribution >= 4 is 23.2 Å². The predicted octanol–water partition coefficient (Wildman–Crippen LogP) is 2.92. The number of nitrogen functional groups attached to an aromatic ring is 1.